The molecular weight excluding hydrogens is 194 g/mol. The highest BCUT2D eigenvalue weighted by Gasteiger charge is 1.98. The molecule has 0 saturated carbocycles. The van der Waals surface area contributed by atoms with Gasteiger partial charge in [0, 0.05) is 24.5 Å². The van der Waals surface area contributed by atoms with E-state index in [2.05, 4.69) is 0 Å². The zero-order chi connectivity index (χ0) is 11.1. The summed E-state index contributed by atoms with van der Waals surface area (Å²) < 4.78 is 6.61. The van der Waals surface area contributed by atoms with Crippen LogP contribution in [0.3, 0.4) is 0 Å². The fraction of sp³-hybridized carbons (Fsp3) is 0.364. The van der Waals surface area contributed by atoms with Gasteiger partial charge in [-0.2, -0.15) is 0 Å². The van der Waals surface area contributed by atoms with Gasteiger partial charge in [0.15, 0.2) is 0 Å². The van der Waals surface area contributed by atoms with E-state index in [4.69, 9.17) is 9.84 Å². The molecule has 15 heavy (non-hydrogen) atoms. The van der Waals surface area contributed by atoms with Gasteiger partial charge in [-0.25, -0.2) is 4.79 Å². The maximum Gasteiger partial charge on any atom is 0.330 e. The molecule has 0 unspecified atom stereocenters. The Kier molecular flexibility index (Phi) is 4.63. The number of aliphatic hydroxyl groups is 1. The van der Waals surface area contributed by atoms with Crippen LogP contribution < -0.4 is 0 Å². The SMILES string of the molecule is CCOC(=O)/C=C/c1cccn1CCO. The number of nitrogens with zero attached hydrogens (tertiary/aromatic N) is 1. The van der Waals surface area contributed by atoms with Crippen LogP contribution in [0.25, 0.3) is 6.08 Å². The van der Waals surface area contributed by atoms with Crippen molar-refractivity contribution in [3.8, 4) is 0 Å². The molecule has 0 fully saturated rings. The maximum absolute atomic E-state index is 11.0. The van der Waals surface area contributed by atoms with Crippen LogP contribution in [0.1, 0.15) is 12.6 Å². The minimum atomic E-state index is -0.353. The number of rotatable bonds is 5. The summed E-state index contributed by atoms with van der Waals surface area (Å²) in [6.45, 7) is 2.74. The Labute approximate surface area is 88.8 Å². The van der Waals surface area contributed by atoms with Gasteiger partial charge in [0.05, 0.1) is 13.2 Å². The zero-order valence-corrected chi connectivity index (χ0v) is 8.72. The maximum atomic E-state index is 11.0. The van der Waals surface area contributed by atoms with Crippen molar-refractivity contribution in [3.63, 3.8) is 0 Å². The largest absolute Gasteiger partial charge is 0.463 e. The molecule has 0 aliphatic heterocycles. The van der Waals surface area contributed by atoms with E-state index in [1.165, 1.54) is 6.08 Å². The van der Waals surface area contributed by atoms with E-state index >= 15 is 0 Å². The summed E-state index contributed by atoms with van der Waals surface area (Å²) in [6.07, 6.45) is 4.90. The summed E-state index contributed by atoms with van der Waals surface area (Å²) in [5.41, 5.74) is 0.872. The quantitative estimate of drug-likeness (QED) is 0.582. The average Bonchev–Trinajstić information content (AvgIpc) is 2.64. The number of carbonyl (C=O) groups is 1. The third kappa shape index (κ3) is 3.59. The van der Waals surface area contributed by atoms with Gasteiger partial charge in [-0.15, -0.1) is 0 Å². The Bertz CT molecular complexity index is 341. The van der Waals surface area contributed by atoms with Crippen molar-refractivity contribution >= 4 is 12.0 Å². The number of carbonyl (C=O) groups excluding carboxylic acids is 1. The number of ether oxygens (including phenoxy) is 1. The topological polar surface area (TPSA) is 51.5 Å². The molecule has 4 nitrogen and oxygen atoms in total. The van der Waals surface area contributed by atoms with Crippen LogP contribution in [0, 0.1) is 0 Å². The second kappa shape index (κ2) is 6.03. The molecule has 0 bridgehead atoms. The van der Waals surface area contributed by atoms with Crippen LogP contribution in [0.4, 0.5) is 0 Å². The van der Waals surface area contributed by atoms with Crippen molar-refractivity contribution in [2.24, 2.45) is 0 Å². The monoisotopic (exact) mass is 209 g/mol. The van der Waals surface area contributed by atoms with E-state index in [0.717, 1.165) is 5.69 Å². The summed E-state index contributed by atoms with van der Waals surface area (Å²) in [6, 6.07) is 3.73. The minimum Gasteiger partial charge on any atom is -0.463 e. The molecule has 0 aromatic carbocycles. The van der Waals surface area contributed by atoms with Crippen molar-refractivity contribution in [2.75, 3.05) is 13.2 Å². The lowest BCUT2D eigenvalue weighted by Gasteiger charge is -2.02. The number of aliphatic hydroxyl groups excluding tert-OH is 1. The van der Waals surface area contributed by atoms with Crippen LogP contribution in [-0.2, 0) is 16.1 Å². The molecule has 1 aromatic rings. The summed E-state index contributed by atoms with van der Waals surface area (Å²) in [5.74, 6) is -0.353. The average molecular weight is 209 g/mol. The smallest absolute Gasteiger partial charge is 0.330 e. The first-order chi connectivity index (χ1) is 7.27. The van der Waals surface area contributed by atoms with Crippen molar-refractivity contribution < 1.29 is 14.6 Å². The highest BCUT2D eigenvalue weighted by Crippen LogP contribution is 2.04. The van der Waals surface area contributed by atoms with Gasteiger partial charge in [0.25, 0.3) is 0 Å². The fourth-order valence-corrected chi connectivity index (χ4v) is 1.23. The lowest BCUT2D eigenvalue weighted by Crippen LogP contribution is -2.03. The molecule has 0 radical (unpaired) electrons. The zero-order valence-electron chi connectivity index (χ0n) is 8.72. The predicted octanol–water partition coefficient (Wildman–Crippen LogP) is 1.06. The number of hydrogen-bond acceptors (Lipinski definition) is 3. The Balaban J connectivity index is 2.62. The molecule has 0 spiro atoms. The molecule has 1 aromatic heterocycles. The Morgan fingerprint density at radius 3 is 3.13 bits per heavy atom. The normalized spacial score (nSPS) is 10.8. The van der Waals surface area contributed by atoms with Crippen molar-refractivity contribution in [1.29, 1.82) is 0 Å². The minimum absolute atomic E-state index is 0.0783. The summed E-state index contributed by atoms with van der Waals surface area (Å²) in [4.78, 5) is 11.0. The van der Waals surface area contributed by atoms with Crippen molar-refractivity contribution in [2.45, 2.75) is 13.5 Å². The lowest BCUT2D eigenvalue weighted by molar-refractivity contribution is -0.137. The van der Waals surface area contributed by atoms with E-state index in [1.807, 2.05) is 22.9 Å². The molecule has 82 valence electrons. The molecule has 1 rings (SSSR count). The third-order valence-electron chi connectivity index (χ3n) is 1.88. The molecule has 1 heterocycles. The predicted molar refractivity (Wildman–Crippen MR) is 57.2 cm³/mol. The number of aromatic nitrogens is 1. The van der Waals surface area contributed by atoms with Crippen LogP contribution in [0.2, 0.25) is 0 Å². The van der Waals surface area contributed by atoms with E-state index in [0.29, 0.717) is 13.2 Å². The van der Waals surface area contributed by atoms with Gasteiger partial charge >= 0.3 is 5.97 Å². The standard InChI is InChI=1S/C11H15NO3/c1-2-15-11(14)6-5-10-4-3-7-12(10)8-9-13/h3-7,13H,2,8-9H2,1H3/b6-5+. The molecule has 1 N–H and O–H groups in total. The molecule has 0 amide bonds. The second-order valence-corrected chi connectivity index (χ2v) is 2.94. The van der Waals surface area contributed by atoms with E-state index in [9.17, 15) is 4.79 Å². The molecule has 0 aliphatic rings. The summed E-state index contributed by atoms with van der Waals surface area (Å²) >= 11 is 0. The van der Waals surface area contributed by atoms with Crippen LogP contribution in [0.15, 0.2) is 24.4 Å². The van der Waals surface area contributed by atoms with Gasteiger partial charge < -0.3 is 14.4 Å². The van der Waals surface area contributed by atoms with E-state index in [-0.39, 0.29) is 12.6 Å². The molecule has 0 saturated heterocycles. The molecular formula is C11H15NO3. The van der Waals surface area contributed by atoms with Crippen molar-refractivity contribution in [1.82, 2.24) is 4.57 Å². The van der Waals surface area contributed by atoms with Gasteiger partial charge in [0.1, 0.15) is 0 Å². The first kappa shape index (κ1) is 11.5. The fourth-order valence-electron chi connectivity index (χ4n) is 1.23. The Morgan fingerprint density at radius 2 is 2.47 bits per heavy atom. The molecule has 4 heteroatoms. The van der Waals surface area contributed by atoms with Crippen molar-refractivity contribution in [3.05, 3.63) is 30.1 Å². The van der Waals surface area contributed by atoms with E-state index in [1.54, 1.807) is 13.0 Å². The van der Waals surface area contributed by atoms with Gasteiger partial charge in [-0.05, 0) is 25.1 Å². The lowest BCUT2D eigenvalue weighted by atomic mass is 10.3. The Morgan fingerprint density at radius 1 is 1.67 bits per heavy atom. The number of esters is 1. The first-order valence-electron chi connectivity index (χ1n) is 4.88. The van der Waals surface area contributed by atoms with Crippen LogP contribution in [-0.4, -0.2) is 28.9 Å². The van der Waals surface area contributed by atoms with Gasteiger partial charge in [-0.3, -0.25) is 0 Å². The third-order valence-corrected chi connectivity index (χ3v) is 1.88. The van der Waals surface area contributed by atoms with Crippen LogP contribution in [0.5, 0.6) is 0 Å². The highest BCUT2D eigenvalue weighted by atomic mass is 16.5. The summed E-state index contributed by atoms with van der Waals surface area (Å²) in [7, 11) is 0. The first-order valence-corrected chi connectivity index (χ1v) is 4.88. The molecule has 0 aliphatic carbocycles. The number of hydrogen-bond donors (Lipinski definition) is 1. The van der Waals surface area contributed by atoms with Gasteiger partial charge in [0.2, 0.25) is 0 Å². The Hall–Kier alpha value is -1.55. The molecule has 0 atom stereocenters. The highest BCUT2D eigenvalue weighted by molar-refractivity contribution is 5.86. The summed E-state index contributed by atoms with van der Waals surface area (Å²) in [5, 5.41) is 8.79. The second-order valence-electron chi connectivity index (χ2n) is 2.94. The van der Waals surface area contributed by atoms with Gasteiger partial charge in [-0.1, -0.05) is 0 Å². The van der Waals surface area contributed by atoms with Crippen LogP contribution >= 0.6 is 0 Å². The van der Waals surface area contributed by atoms with E-state index < -0.39 is 0 Å².